The number of fused-ring (bicyclic) bond motifs is 1. The molecule has 0 heterocycles. The third kappa shape index (κ3) is 5.10. The van der Waals surface area contributed by atoms with E-state index in [4.69, 9.17) is 4.74 Å². The Morgan fingerprint density at radius 2 is 1.81 bits per heavy atom. The highest BCUT2D eigenvalue weighted by Crippen LogP contribution is 2.26. The molecule has 140 valence electrons. The fourth-order valence-corrected chi connectivity index (χ4v) is 3.26. The van der Waals surface area contributed by atoms with E-state index in [1.807, 2.05) is 37.3 Å². The minimum atomic E-state index is -0.477. The Morgan fingerprint density at radius 3 is 2.63 bits per heavy atom. The minimum Gasteiger partial charge on any atom is -0.480 e. The molecule has 0 unspecified atom stereocenters. The summed E-state index contributed by atoms with van der Waals surface area (Å²) in [5.41, 5.74) is 2.58. The maximum atomic E-state index is 12.5. The molecule has 0 aliphatic rings. The van der Waals surface area contributed by atoms with Gasteiger partial charge in [0.15, 0.2) is 6.10 Å². The van der Waals surface area contributed by atoms with Gasteiger partial charge in [-0.05, 0) is 43.2 Å². The lowest BCUT2D eigenvalue weighted by molar-refractivity contribution is -0.128. The van der Waals surface area contributed by atoms with Crippen LogP contribution in [0.3, 0.4) is 0 Å². The van der Waals surface area contributed by atoms with Gasteiger partial charge in [0, 0.05) is 11.9 Å². The molecule has 0 bridgehead atoms. The average Bonchev–Trinajstić information content (AvgIpc) is 2.69. The topological polar surface area (TPSA) is 38.3 Å². The number of rotatable bonds is 8. The highest BCUT2D eigenvalue weighted by atomic mass is 16.5. The van der Waals surface area contributed by atoms with Crippen LogP contribution in [0.5, 0.6) is 5.75 Å². The van der Waals surface area contributed by atoms with Crippen LogP contribution in [0, 0.1) is 6.92 Å². The van der Waals surface area contributed by atoms with Gasteiger partial charge in [-0.2, -0.15) is 0 Å². The molecule has 27 heavy (non-hydrogen) atoms. The second-order valence-electron chi connectivity index (χ2n) is 6.88. The van der Waals surface area contributed by atoms with Crippen LogP contribution >= 0.6 is 0 Å². The molecule has 1 amide bonds. The Morgan fingerprint density at radius 1 is 1.04 bits per heavy atom. The number of ether oxygens (including phenoxy) is 1. The van der Waals surface area contributed by atoms with Crippen molar-refractivity contribution in [1.82, 2.24) is 5.32 Å². The van der Waals surface area contributed by atoms with Crippen molar-refractivity contribution < 1.29 is 9.53 Å². The van der Waals surface area contributed by atoms with E-state index in [1.54, 1.807) is 0 Å². The molecule has 0 aliphatic carbocycles. The summed E-state index contributed by atoms with van der Waals surface area (Å²) in [5, 5.41) is 5.17. The average molecular weight is 361 g/mol. The van der Waals surface area contributed by atoms with Crippen molar-refractivity contribution in [3.8, 4) is 5.75 Å². The number of nitrogens with one attached hydrogen (secondary N) is 1. The molecule has 3 nitrogen and oxygen atoms in total. The number of aryl methyl sites for hydroxylation is 2. The summed E-state index contributed by atoms with van der Waals surface area (Å²) < 4.78 is 6.06. The number of amides is 1. The highest BCUT2D eigenvalue weighted by Gasteiger charge is 2.18. The van der Waals surface area contributed by atoms with Gasteiger partial charge in [0.05, 0.1) is 0 Å². The van der Waals surface area contributed by atoms with Crippen LogP contribution < -0.4 is 10.1 Å². The van der Waals surface area contributed by atoms with Crippen LogP contribution in [0.15, 0.2) is 66.7 Å². The molecule has 0 saturated heterocycles. The fraction of sp³-hybridized carbons (Fsp3) is 0.292. The molecule has 3 rings (SSSR count). The Bertz CT molecular complexity index is 898. The van der Waals surface area contributed by atoms with Crippen LogP contribution in [0.2, 0.25) is 0 Å². The molecule has 1 N–H and O–H groups in total. The first-order chi connectivity index (χ1) is 13.2. The van der Waals surface area contributed by atoms with Crippen molar-refractivity contribution in [3.05, 3.63) is 77.9 Å². The third-order valence-electron chi connectivity index (χ3n) is 4.71. The monoisotopic (exact) mass is 361 g/mol. The Hall–Kier alpha value is -2.81. The molecule has 0 radical (unpaired) electrons. The summed E-state index contributed by atoms with van der Waals surface area (Å²) >= 11 is 0. The van der Waals surface area contributed by atoms with Crippen molar-refractivity contribution in [2.45, 2.75) is 39.2 Å². The number of benzene rings is 3. The predicted molar refractivity (Wildman–Crippen MR) is 111 cm³/mol. The Kier molecular flexibility index (Phi) is 6.48. The Labute approximate surface area is 161 Å². The van der Waals surface area contributed by atoms with Crippen LogP contribution in [0.1, 0.15) is 30.9 Å². The van der Waals surface area contributed by atoms with Gasteiger partial charge in [0.1, 0.15) is 5.75 Å². The van der Waals surface area contributed by atoms with Crippen molar-refractivity contribution in [2.24, 2.45) is 0 Å². The lowest BCUT2D eigenvalue weighted by Crippen LogP contribution is -2.38. The standard InChI is InChI=1S/C24H27NO2/c1-3-22(27-23-15-7-13-20-12-4-5-14-21(20)23)24(26)25-16-8-11-19-10-6-9-18(2)17-19/h4-7,9-10,12-15,17,22H,3,8,11,16H2,1-2H3,(H,25,26)/t22-/m1/s1. The smallest absolute Gasteiger partial charge is 0.261 e. The summed E-state index contributed by atoms with van der Waals surface area (Å²) in [6, 6.07) is 22.5. The van der Waals surface area contributed by atoms with Gasteiger partial charge < -0.3 is 10.1 Å². The van der Waals surface area contributed by atoms with E-state index in [2.05, 4.69) is 48.6 Å². The largest absolute Gasteiger partial charge is 0.480 e. The lowest BCUT2D eigenvalue weighted by Gasteiger charge is -2.18. The minimum absolute atomic E-state index is 0.0466. The molecule has 3 aromatic rings. The van der Waals surface area contributed by atoms with Crippen LogP contribution in [-0.2, 0) is 11.2 Å². The van der Waals surface area contributed by atoms with Crippen LogP contribution in [0.4, 0.5) is 0 Å². The van der Waals surface area contributed by atoms with Gasteiger partial charge in [-0.1, -0.05) is 73.2 Å². The first-order valence-electron chi connectivity index (χ1n) is 9.65. The molecule has 3 aromatic carbocycles. The zero-order valence-corrected chi connectivity index (χ0v) is 16.1. The quantitative estimate of drug-likeness (QED) is 0.570. The first-order valence-corrected chi connectivity index (χ1v) is 9.65. The molecule has 0 aliphatic heterocycles. The molecule has 3 heteroatoms. The number of carbonyl (C=O) groups excluding carboxylic acids is 1. The summed E-state index contributed by atoms with van der Waals surface area (Å²) in [7, 11) is 0. The van der Waals surface area contributed by atoms with Crippen molar-refractivity contribution in [1.29, 1.82) is 0 Å². The Balaban J connectivity index is 1.54. The van der Waals surface area contributed by atoms with E-state index < -0.39 is 6.10 Å². The summed E-state index contributed by atoms with van der Waals surface area (Å²) in [5.74, 6) is 0.713. The van der Waals surface area contributed by atoms with E-state index in [0.29, 0.717) is 13.0 Å². The molecular formula is C24H27NO2. The second kappa shape index (κ2) is 9.22. The van der Waals surface area contributed by atoms with E-state index in [0.717, 1.165) is 29.4 Å². The highest BCUT2D eigenvalue weighted by molar-refractivity contribution is 5.89. The van der Waals surface area contributed by atoms with Crippen LogP contribution in [-0.4, -0.2) is 18.6 Å². The zero-order valence-electron chi connectivity index (χ0n) is 16.1. The normalized spacial score (nSPS) is 11.9. The maximum absolute atomic E-state index is 12.5. The van der Waals surface area contributed by atoms with E-state index >= 15 is 0 Å². The lowest BCUT2D eigenvalue weighted by atomic mass is 10.1. The van der Waals surface area contributed by atoms with Gasteiger partial charge in [0.25, 0.3) is 5.91 Å². The van der Waals surface area contributed by atoms with E-state index in [1.165, 1.54) is 11.1 Å². The van der Waals surface area contributed by atoms with Gasteiger partial charge in [-0.15, -0.1) is 0 Å². The van der Waals surface area contributed by atoms with Gasteiger partial charge >= 0.3 is 0 Å². The number of hydrogen-bond acceptors (Lipinski definition) is 2. The van der Waals surface area contributed by atoms with Crippen LogP contribution in [0.25, 0.3) is 10.8 Å². The maximum Gasteiger partial charge on any atom is 0.261 e. The fourth-order valence-electron chi connectivity index (χ4n) is 3.26. The molecule has 0 saturated carbocycles. The zero-order chi connectivity index (χ0) is 19.1. The van der Waals surface area contributed by atoms with E-state index in [9.17, 15) is 4.79 Å². The van der Waals surface area contributed by atoms with Crippen molar-refractivity contribution in [3.63, 3.8) is 0 Å². The SMILES string of the molecule is CC[C@@H](Oc1cccc2ccccc12)C(=O)NCCCc1cccc(C)c1. The van der Waals surface area contributed by atoms with Crippen molar-refractivity contribution >= 4 is 16.7 Å². The molecule has 0 spiro atoms. The van der Waals surface area contributed by atoms with Gasteiger partial charge in [-0.25, -0.2) is 0 Å². The predicted octanol–water partition coefficient (Wildman–Crippen LogP) is 5.05. The van der Waals surface area contributed by atoms with Gasteiger partial charge in [0.2, 0.25) is 0 Å². The molecule has 0 fully saturated rings. The summed E-state index contributed by atoms with van der Waals surface area (Å²) in [6.45, 7) is 4.73. The molecule has 0 aromatic heterocycles. The van der Waals surface area contributed by atoms with Gasteiger partial charge in [-0.3, -0.25) is 4.79 Å². The summed E-state index contributed by atoms with van der Waals surface area (Å²) in [6.07, 6.45) is 2.03. The molecular weight excluding hydrogens is 334 g/mol. The number of hydrogen-bond donors (Lipinski definition) is 1. The van der Waals surface area contributed by atoms with E-state index in [-0.39, 0.29) is 5.91 Å². The van der Waals surface area contributed by atoms with Crippen molar-refractivity contribution in [2.75, 3.05) is 6.54 Å². The summed E-state index contributed by atoms with van der Waals surface area (Å²) in [4.78, 5) is 12.5. The second-order valence-corrected chi connectivity index (χ2v) is 6.88. The molecule has 1 atom stereocenters. The third-order valence-corrected chi connectivity index (χ3v) is 4.71. The first kappa shape index (κ1) is 19.0. The number of carbonyl (C=O) groups is 1.